The Morgan fingerprint density at radius 3 is 2.63 bits per heavy atom. The summed E-state index contributed by atoms with van der Waals surface area (Å²) in [7, 11) is 4.98. The average molecular weight is 389 g/mol. The van der Waals surface area contributed by atoms with Crippen LogP contribution in [0.15, 0.2) is 0 Å². The molecule has 0 radical (unpaired) electrons. The topological polar surface area (TPSA) is 158 Å². The van der Waals surface area contributed by atoms with Crippen molar-refractivity contribution in [3.63, 3.8) is 0 Å². The summed E-state index contributed by atoms with van der Waals surface area (Å²) in [5.41, 5.74) is 17.9. The molecule has 10 heteroatoms. The number of aliphatic hydroxyl groups is 1. The second-order valence-electron chi connectivity index (χ2n) is 7.39. The molecule has 0 bridgehead atoms. The minimum atomic E-state index is -1.06. The molecule has 2 aliphatic rings. The highest BCUT2D eigenvalue weighted by Crippen LogP contribution is 2.30. The van der Waals surface area contributed by atoms with E-state index in [4.69, 9.17) is 31.4 Å². The van der Waals surface area contributed by atoms with Gasteiger partial charge in [0.15, 0.2) is 6.29 Å². The van der Waals surface area contributed by atoms with Gasteiger partial charge in [0.25, 0.3) is 0 Å². The summed E-state index contributed by atoms with van der Waals surface area (Å²) in [5, 5.41) is 14.1. The molecule has 2 rings (SSSR count). The van der Waals surface area contributed by atoms with Gasteiger partial charge in [0.2, 0.25) is 5.91 Å². The summed E-state index contributed by atoms with van der Waals surface area (Å²) in [6.07, 6.45) is -0.883. The largest absolute Gasteiger partial charge is 0.388 e. The maximum absolute atomic E-state index is 12.1. The molecule has 1 aliphatic heterocycles. The average Bonchev–Trinajstić information content (AvgIpc) is 2.65. The third kappa shape index (κ3) is 5.15. The van der Waals surface area contributed by atoms with E-state index in [9.17, 15) is 9.90 Å². The van der Waals surface area contributed by atoms with Gasteiger partial charge >= 0.3 is 0 Å². The summed E-state index contributed by atoms with van der Waals surface area (Å²) in [4.78, 5) is 13.5. The molecular weight excluding hydrogens is 354 g/mol. The van der Waals surface area contributed by atoms with Crippen molar-refractivity contribution in [2.75, 3.05) is 34.3 Å². The molecule has 2 fully saturated rings. The Kier molecular flexibility index (Phi) is 8.38. The normalized spacial score (nSPS) is 40.0. The molecule has 10 nitrogen and oxygen atoms in total. The molecule has 1 heterocycles. The number of amides is 1. The van der Waals surface area contributed by atoms with E-state index in [-0.39, 0.29) is 24.6 Å². The van der Waals surface area contributed by atoms with Gasteiger partial charge in [-0.2, -0.15) is 0 Å². The number of nitrogens with two attached hydrogens (primary N) is 3. The number of nitrogens with one attached hydrogen (secondary N) is 1. The molecule has 0 unspecified atom stereocenters. The predicted octanol–water partition coefficient (Wildman–Crippen LogP) is -2.68. The number of rotatable bonds is 7. The number of aliphatic hydroxyl groups excluding tert-OH is 1. The lowest BCUT2D eigenvalue weighted by molar-refractivity contribution is -0.254. The lowest BCUT2D eigenvalue weighted by atomic mass is 9.83. The first-order valence-electron chi connectivity index (χ1n) is 9.47. The van der Waals surface area contributed by atoms with Crippen molar-refractivity contribution in [3.05, 3.63) is 0 Å². The molecule has 8 atom stereocenters. The van der Waals surface area contributed by atoms with Crippen molar-refractivity contribution in [3.8, 4) is 0 Å². The summed E-state index contributed by atoms with van der Waals surface area (Å²) >= 11 is 0. The number of ether oxygens (including phenoxy) is 3. The van der Waals surface area contributed by atoms with E-state index in [0.29, 0.717) is 13.0 Å². The van der Waals surface area contributed by atoms with E-state index in [2.05, 4.69) is 5.32 Å². The first-order chi connectivity index (χ1) is 12.8. The number of hydrogen-bond donors (Lipinski definition) is 5. The fraction of sp³-hybridized carbons (Fsp3) is 0.941. The molecule has 0 aromatic heterocycles. The molecule has 1 saturated carbocycles. The predicted molar refractivity (Wildman–Crippen MR) is 99.7 cm³/mol. The van der Waals surface area contributed by atoms with Crippen molar-refractivity contribution < 1.29 is 24.1 Å². The maximum atomic E-state index is 12.1. The van der Waals surface area contributed by atoms with Crippen LogP contribution in [-0.2, 0) is 19.0 Å². The van der Waals surface area contributed by atoms with Crippen LogP contribution in [0.3, 0.4) is 0 Å². The Balaban J connectivity index is 2.13. The van der Waals surface area contributed by atoms with Crippen LogP contribution < -0.4 is 22.5 Å². The maximum Gasteiger partial charge on any atom is 0.236 e. The molecule has 8 N–H and O–H groups in total. The van der Waals surface area contributed by atoms with E-state index >= 15 is 0 Å². The zero-order valence-corrected chi connectivity index (χ0v) is 16.4. The lowest BCUT2D eigenvalue weighted by Gasteiger charge is -2.48. The van der Waals surface area contributed by atoms with Gasteiger partial charge in [0.05, 0.1) is 30.8 Å². The monoisotopic (exact) mass is 389 g/mol. The van der Waals surface area contributed by atoms with Crippen LogP contribution in [0.25, 0.3) is 0 Å². The van der Waals surface area contributed by atoms with Gasteiger partial charge in [0.1, 0.15) is 12.2 Å². The van der Waals surface area contributed by atoms with Crippen LogP contribution >= 0.6 is 0 Å². The highest BCUT2D eigenvalue weighted by molar-refractivity contribution is 5.78. The van der Waals surface area contributed by atoms with E-state index in [1.54, 1.807) is 7.05 Å². The van der Waals surface area contributed by atoms with Gasteiger partial charge in [-0.05, 0) is 26.3 Å². The third-order valence-corrected chi connectivity index (χ3v) is 5.53. The summed E-state index contributed by atoms with van der Waals surface area (Å²) in [6, 6.07) is -1.41. The van der Waals surface area contributed by atoms with Crippen molar-refractivity contribution >= 4 is 5.91 Å². The number of likely N-dealkylation sites (N-methyl/N-ethyl adjacent to an activating group) is 2. The quantitative estimate of drug-likeness (QED) is 0.313. The fourth-order valence-corrected chi connectivity index (χ4v) is 3.95. The third-order valence-electron chi connectivity index (χ3n) is 5.53. The summed E-state index contributed by atoms with van der Waals surface area (Å²) in [5.74, 6) is -0.296. The second kappa shape index (κ2) is 10.1. The zero-order chi connectivity index (χ0) is 20.1. The van der Waals surface area contributed by atoms with E-state index in [0.717, 1.165) is 12.8 Å². The number of hydrogen-bond acceptors (Lipinski definition) is 9. The molecule has 1 amide bonds. The van der Waals surface area contributed by atoms with Crippen LogP contribution in [-0.4, -0.2) is 99.0 Å². The number of carbonyl (C=O) groups excluding carboxylic acids is 1. The highest BCUT2D eigenvalue weighted by Gasteiger charge is 2.48. The molecule has 0 aromatic carbocycles. The number of methoxy groups -OCH3 is 1. The Labute approximate surface area is 160 Å². The van der Waals surface area contributed by atoms with Crippen molar-refractivity contribution in [2.24, 2.45) is 17.2 Å². The summed E-state index contributed by atoms with van der Waals surface area (Å²) < 4.78 is 17.5. The first-order valence-corrected chi connectivity index (χ1v) is 9.47. The number of carbonyl (C=O) groups is 1. The van der Waals surface area contributed by atoms with Crippen molar-refractivity contribution in [1.29, 1.82) is 0 Å². The Bertz CT molecular complexity index is 485. The molecule has 27 heavy (non-hydrogen) atoms. The highest BCUT2D eigenvalue weighted by atomic mass is 16.7. The van der Waals surface area contributed by atoms with Crippen LogP contribution in [0.4, 0.5) is 0 Å². The van der Waals surface area contributed by atoms with E-state index in [1.807, 2.05) is 7.05 Å². The Morgan fingerprint density at radius 2 is 2.04 bits per heavy atom. The van der Waals surface area contributed by atoms with E-state index in [1.165, 1.54) is 12.0 Å². The minimum absolute atomic E-state index is 0.0132. The molecule has 0 aromatic rings. The van der Waals surface area contributed by atoms with Crippen LogP contribution in [0.1, 0.15) is 19.3 Å². The SMILES string of the molecule is CNC[C@@H]1CC[C@@H](N)[C@@H](O[C@H]2[C@H](O)[C@H](N(C)C(=O)CN)[C@@H](OC)C[C@@H]2N)O1. The molecule has 1 aliphatic carbocycles. The first kappa shape index (κ1) is 22.4. The van der Waals surface area contributed by atoms with Gasteiger partial charge < -0.3 is 46.7 Å². The summed E-state index contributed by atoms with van der Waals surface area (Å²) in [6.45, 7) is 0.532. The zero-order valence-electron chi connectivity index (χ0n) is 16.4. The Hall–Kier alpha value is -0.850. The van der Waals surface area contributed by atoms with Gasteiger partial charge in [-0.15, -0.1) is 0 Å². The van der Waals surface area contributed by atoms with Gasteiger partial charge in [-0.3, -0.25) is 4.79 Å². The van der Waals surface area contributed by atoms with Crippen LogP contribution in [0.5, 0.6) is 0 Å². The van der Waals surface area contributed by atoms with Gasteiger partial charge in [-0.25, -0.2) is 0 Å². The molecular formula is C17H35N5O5. The smallest absolute Gasteiger partial charge is 0.236 e. The standard InChI is InChI=1S/C17H35N5O5/c1-21-8-9-4-5-10(19)17(26-9)27-16-11(20)6-12(25-3)14(15(16)24)22(2)13(23)7-18/h9-12,14-17,21,24H,4-8,18-20H2,1-3H3/t9-,10+,11-,12-,14+,15+,16+,17+/m0/s1. The Morgan fingerprint density at radius 1 is 1.33 bits per heavy atom. The second-order valence-corrected chi connectivity index (χ2v) is 7.39. The molecule has 0 spiro atoms. The number of nitrogens with zero attached hydrogens (tertiary/aromatic N) is 1. The van der Waals surface area contributed by atoms with Crippen LogP contribution in [0, 0.1) is 0 Å². The van der Waals surface area contributed by atoms with Gasteiger partial charge in [0, 0.05) is 26.7 Å². The lowest BCUT2D eigenvalue weighted by Crippen LogP contribution is -2.67. The van der Waals surface area contributed by atoms with Crippen LogP contribution in [0.2, 0.25) is 0 Å². The minimum Gasteiger partial charge on any atom is -0.388 e. The molecule has 1 saturated heterocycles. The van der Waals surface area contributed by atoms with Gasteiger partial charge in [-0.1, -0.05) is 0 Å². The van der Waals surface area contributed by atoms with Crippen molar-refractivity contribution in [2.45, 2.75) is 68.1 Å². The molecule has 158 valence electrons. The van der Waals surface area contributed by atoms with E-state index < -0.39 is 36.7 Å². The van der Waals surface area contributed by atoms with Crippen molar-refractivity contribution in [1.82, 2.24) is 10.2 Å². The fourth-order valence-electron chi connectivity index (χ4n) is 3.95.